The largest absolute Gasteiger partial charge is 0.314 e. The molecule has 1 unspecified atom stereocenters. The van der Waals surface area contributed by atoms with E-state index in [1.807, 2.05) is 11.3 Å². The van der Waals surface area contributed by atoms with E-state index in [4.69, 9.17) is 0 Å². The minimum absolute atomic E-state index is 0.640. The van der Waals surface area contributed by atoms with Gasteiger partial charge in [-0.05, 0) is 64.1 Å². The molecule has 3 heteroatoms. The van der Waals surface area contributed by atoms with Crippen LogP contribution in [0, 0.1) is 0 Å². The van der Waals surface area contributed by atoms with Crippen molar-refractivity contribution in [2.75, 3.05) is 13.1 Å². The van der Waals surface area contributed by atoms with Gasteiger partial charge in [0, 0.05) is 23.5 Å². The van der Waals surface area contributed by atoms with Crippen molar-refractivity contribution in [1.82, 2.24) is 10.2 Å². The third kappa shape index (κ3) is 5.25. The van der Waals surface area contributed by atoms with Crippen LogP contribution in [0.25, 0.3) is 0 Å². The first kappa shape index (κ1) is 15.0. The fourth-order valence-corrected chi connectivity index (χ4v) is 3.56. The van der Waals surface area contributed by atoms with E-state index in [1.54, 1.807) is 0 Å². The number of nitrogens with one attached hydrogen (secondary N) is 1. The van der Waals surface area contributed by atoms with Crippen LogP contribution in [0.1, 0.15) is 50.8 Å². The molecule has 108 valence electrons. The Morgan fingerprint density at radius 3 is 2.95 bits per heavy atom. The smallest absolute Gasteiger partial charge is 0.0330 e. The van der Waals surface area contributed by atoms with Gasteiger partial charge in [-0.2, -0.15) is 0 Å². The van der Waals surface area contributed by atoms with Gasteiger partial charge in [0.15, 0.2) is 0 Å². The first-order valence-corrected chi connectivity index (χ1v) is 8.63. The van der Waals surface area contributed by atoms with Gasteiger partial charge in [-0.25, -0.2) is 0 Å². The molecule has 1 N–H and O–H groups in total. The maximum absolute atomic E-state index is 3.65. The first-order chi connectivity index (χ1) is 9.25. The van der Waals surface area contributed by atoms with Crippen LogP contribution in [-0.2, 0) is 6.54 Å². The number of hydrogen-bond acceptors (Lipinski definition) is 3. The van der Waals surface area contributed by atoms with Crippen molar-refractivity contribution in [2.45, 2.75) is 64.6 Å². The molecule has 19 heavy (non-hydrogen) atoms. The van der Waals surface area contributed by atoms with Crippen LogP contribution >= 0.6 is 11.3 Å². The van der Waals surface area contributed by atoms with E-state index in [2.05, 4.69) is 41.6 Å². The third-order valence-electron chi connectivity index (χ3n) is 4.08. The molecule has 0 amide bonds. The second-order valence-electron chi connectivity index (χ2n) is 5.93. The van der Waals surface area contributed by atoms with Gasteiger partial charge in [-0.15, -0.1) is 11.3 Å². The van der Waals surface area contributed by atoms with Gasteiger partial charge in [0.2, 0.25) is 0 Å². The van der Waals surface area contributed by atoms with Crippen LogP contribution in [0.2, 0.25) is 0 Å². The summed E-state index contributed by atoms with van der Waals surface area (Å²) in [5.41, 5.74) is 0. The molecular weight excluding hydrogens is 252 g/mol. The highest BCUT2D eigenvalue weighted by atomic mass is 32.1. The van der Waals surface area contributed by atoms with E-state index in [0.717, 1.165) is 12.6 Å². The predicted octanol–water partition coefficient (Wildman–Crippen LogP) is 3.88. The summed E-state index contributed by atoms with van der Waals surface area (Å²) in [5.74, 6) is 0. The molecule has 0 saturated carbocycles. The van der Waals surface area contributed by atoms with Crippen molar-refractivity contribution in [3.8, 4) is 0 Å². The zero-order valence-electron chi connectivity index (χ0n) is 12.4. The Morgan fingerprint density at radius 1 is 1.42 bits per heavy atom. The normalized spacial score (nSPS) is 20.3. The zero-order valence-corrected chi connectivity index (χ0v) is 13.2. The van der Waals surface area contributed by atoms with Gasteiger partial charge in [-0.1, -0.05) is 12.5 Å². The highest BCUT2D eigenvalue weighted by molar-refractivity contribution is 7.09. The Morgan fingerprint density at radius 2 is 2.32 bits per heavy atom. The molecule has 1 aliphatic heterocycles. The van der Waals surface area contributed by atoms with Crippen molar-refractivity contribution in [2.24, 2.45) is 0 Å². The zero-order chi connectivity index (χ0) is 13.5. The Balaban J connectivity index is 1.70. The SMILES string of the molecule is CC(C)N(CCCC1CCCCN1)Cc1cccs1. The van der Waals surface area contributed by atoms with Gasteiger partial charge < -0.3 is 5.32 Å². The van der Waals surface area contributed by atoms with Crippen molar-refractivity contribution in [3.05, 3.63) is 22.4 Å². The Kier molecular flexibility index (Phi) is 6.35. The minimum Gasteiger partial charge on any atom is -0.314 e. The topological polar surface area (TPSA) is 15.3 Å². The van der Waals surface area contributed by atoms with Crippen molar-refractivity contribution < 1.29 is 0 Å². The Hall–Kier alpha value is -0.380. The van der Waals surface area contributed by atoms with Crippen molar-refractivity contribution in [1.29, 1.82) is 0 Å². The minimum atomic E-state index is 0.640. The molecule has 1 atom stereocenters. The molecule has 0 aliphatic carbocycles. The van der Waals surface area contributed by atoms with Gasteiger partial charge in [0.25, 0.3) is 0 Å². The molecule has 0 aromatic carbocycles. The van der Waals surface area contributed by atoms with Crippen LogP contribution in [0.5, 0.6) is 0 Å². The van der Waals surface area contributed by atoms with E-state index in [9.17, 15) is 0 Å². The quantitative estimate of drug-likeness (QED) is 0.815. The van der Waals surface area contributed by atoms with E-state index < -0.39 is 0 Å². The molecule has 1 aromatic rings. The standard InChI is InChI=1S/C16H28N2S/c1-14(2)18(13-16-9-6-12-19-16)11-5-8-15-7-3-4-10-17-15/h6,9,12,14-15,17H,3-5,7-8,10-11,13H2,1-2H3. The summed E-state index contributed by atoms with van der Waals surface area (Å²) in [6.07, 6.45) is 6.83. The number of piperidine rings is 1. The molecule has 0 bridgehead atoms. The number of thiophene rings is 1. The van der Waals surface area contributed by atoms with Gasteiger partial charge in [0.05, 0.1) is 0 Å². The highest BCUT2D eigenvalue weighted by Gasteiger charge is 2.14. The first-order valence-electron chi connectivity index (χ1n) is 7.75. The number of rotatable bonds is 7. The Labute approximate surface area is 122 Å². The third-order valence-corrected chi connectivity index (χ3v) is 4.94. The maximum Gasteiger partial charge on any atom is 0.0330 e. The van der Waals surface area contributed by atoms with Crippen LogP contribution < -0.4 is 5.32 Å². The lowest BCUT2D eigenvalue weighted by Crippen LogP contribution is -2.36. The molecule has 1 aliphatic rings. The number of hydrogen-bond donors (Lipinski definition) is 1. The van der Waals surface area contributed by atoms with Crippen LogP contribution in [0.15, 0.2) is 17.5 Å². The van der Waals surface area contributed by atoms with E-state index >= 15 is 0 Å². The van der Waals surface area contributed by atoms with Crippen LogP contribution in [0.4, 0.5) is 0 Å². The molecule has 2 nitrogen and oxygen atoms in total. The van der Waals surface area contributed by atoms with Crippen molar-refractivity contribution in [3.63, 3.8) is 0 Å². The number of nitrogens with zero attached hydrogens (tertiary/aromatic N) is 1. The van der Waals surface area contributed by atoms with Gasteiger partial charge in [0.1, 0.15) is 0 Å². The van der Waals surface area contributed by atoms with Gasteiger partial charge >= 0.3 is 0 Å². The summed E-state index contributed by atoms with van der Waals surface area (Å²) < 4.78 is 0. The van der Waals surface area contributed by atoms with E-state index in [1.165, 1.54) is 50.1 Å². The lowest BCUT2D eigenvalue weighted by Gasteiger charge is -2.28. The average Bonchev–Trinajstić information content (AvgIpc) is 2.91. The monoisotopic (exact) mass is 280 g/mol. The lowest BCUT2D eigenvalue weighted by molar-refractivity contribution is 0.205. The highest BCUT2D eigenvalue weighted by Crippen LogP contribution is 2.16. The molecule has 1 aromatic heterocycles. The maximum atomic E-state index is 3.65. The summed E-state index contributed by atoms with van der Waals surface area (Å²) in [6, 6.07) is 5.83. The molecule has 2 rings (SSSR count). The summed E-state index contributed by atoms with van der Waals surface area (Å²) in [6.45, 7) is 8.20. The Bertz CT molecular complexity index is 329. The molecule has 1 fully saturated rings. The molecule has 2 heterocycles. The second kappa shape index (κ2) is 8.03. The summed E-state index contributed by atoms with van der Waals surface area (Å²) in [4.78, 5) is 4.10. The van der Waals surface area contributed by atoms with Crippen LogP contribution in [0.3, 0.4) is 0 Å². The van der Waals surface area contributed by atoms with Gasteiger partial charge in [-0.3, -0.25) is 4.90 Å². The molecule has 0 radical (unpaired) electrons. The molecule has 0 spiro atoms. The van der Waals surface area contributed by atoms with Crippen molar-refractivity contribution >= 4 is 11.3 Å². The van der Waals surface area contributed by atoms with Crippen LogP contribution in [-0.4, -0.2) is 30.1 Å². The predicted molar refractivity (Wildman–Crippen MR) is 84.7 cm³/mol. The second-order valence-corrected chi connectivity index (χ2v) is 6.96. The summed E-state index contributed by atoms with van der Waals surface area (Å²) in [7, 11) is 0. The van der Waals surface area contributed by atoms with E-state index in [0.29, 0.717) is 6.04 Å². The summed E-state index contributed by atoms with van der Waals surface area (Å²) in [5, 5.41) is 5.83. The lowest BCUT2D eigenvalue weighted by atomic mass is 10.0. The molecule has 1 saturated heterocycles. The fourth-order valence-electron chi connectivity index (χ4n) is 2.83. The van der Waals surface area contributed by atoms with E-state index in [-0.39, 0.29) is 0 Å². The fraction of sp³-hybridized carbons (Fsp3) is 0.750. The average molecular weight is 280 g/mol. The molecular formula is C16H28N2S. The summed E-state index contributed by atoms with van der Waals surface area (Å²) >= 11 is 1.88.